The van der Waals surface area contributed by atoms with Crippen molar-refractivity contribution in [1.82, 2.24) is 0 Å². The van der Waals surface area contributed by atoms with Gasteiger partial charge in [-0.05, 0) is 30.2 Å². The summed E-state index contributed by atoms with van der Waals surface area (Å²) in [5.41, 5.74) is 0.852. The summed E-state index contributed by atoms with van der Waals surface area (Å²) in [5, 5.41) is 9.06. The lowest BCUT2D eigenvalue weighted by molar-refractivity contribution is -0.137. The molecule has 3 nitrogen and oxygen atoms in total. The minimum absolute atomic E-state index is 0. The molecule has 0 unspecified atom stereocenters. The van der Waals surface area contributed by atoms with Gasteiger partial charge in [0.15, 0.2) is 0 Å². The van der Waals surface area contributed by atoms with Gasteiger partial charge in [-0.25, -0.2) is 4.79 Å². The Morgan fingerprint density at radius 2 is 2.00 bits per heavy atom. The number of esters is 1. The van der Waals surface area contributed by atoms with E-state index in [0.717, 1.165) is 18.4 Å². The van der Waals surface area contributed by atoms with Crippen molar-refractivity contribution in [3.05, 3.63) is 35.9 Å². The number of phenolic OH excluding ortho intramolecular Hbond substituents is 1. The van der Waals surface area contributed by atoms with Gasteiger partial charge in [0, 0.05) is 6.08 Å². The van der Waals surface area contributed by atoms with Gasteiger partial charge in [-0.2, -0.15) is 0 Å². The Morgan fingerprint density at radius 3 is 2.59 bits per heavy atom. The third kappa shape index (κ3) is 6.40. The zero-order valence-electron chi connectivity index (χ0n) is 9.35. The molecule has 1 rings (SSSR count). The van der Waals surface area contributed by atoms with Gasteiger partial charge in [0.1, 0.15) is 5.75 Å². The first kappa shape index (κ1) is 15.2. The van der Waals surface area contributed by atoms with Gasteiger partial charge in [-0.3, -0.25) is 0 Å². The number of aromatic hydroxyl groups is 1. The first-order valence-corrected chi connectivity index (χ1v) is 5.36. The molecule has 0 saturated heterocycles. The zero-order chi connectivity index (χ0) is 11.8. The maximum absolute atomic E-state index is 11.2. The summed E-state index contributed by atoms with van der Waals surface area (Å²) in [6.07, 6.45) is 4.95. The molecule has 0 radical (unpaired) electrons. The number of benzene rings is 1. The van der Waals surface area contributed by atoms with Crippen LogP contribution in [0.3, 0.4) is 0 Å². The number of hydrogen-bond donors (Lipinski definition) is 1. The van der Waals surface area contributed by atoms with Gasteiger partial charge in [-0.1, -0.05) is 32.9 Å². The van der Waals surface area contributed by atoms with Crippen LogP contribution in [0, 0.1) is 0 Å². The van der Waals surface area contributed by atoms with E-state index in [1.807, 2.05) is 6.92 Å². The second kappa shape index (κ2) is 8.39. The number of carbonyl (C=O) groups is 1. The molecule has 1 N–H and O–H groups in total. The second-order valence-corrected chi connectivity index (χ2v) is 3.45. The summed E-state index contributed by atoms with van der Waals surface area (Å²) in [6.45, 7) is 2.51. The second-order valence-electron chi connectivity index (χ2n) is 3.45. The highest BCUT2D eigenvalue weighted by atomic mass is 16.5. The Bertz CT molecular complexity index is 352. The highest BCUT2D eigenvalue weighted by Crippen LogP contribution is 2.10. The lowest BCUT2D eigenvalue weighted by Gasteiger charge is -1.99. The summed E-state index contributed by atoms with van der Waals surface area (Å²) in [7, 11) is 0. The van der Waals surface area contributed by atoms with E-state index in [1.54, 1.807) is 30.3 Å². The minimum Gasteiger partial charge on any atom is -0.508 e. The van der Waals surface area contributed by atoms with E-state index >= 15 is 0 Å². The van der Waals surface area contributed by atoms with E-state index in [-0.39, 0.29) is 19.1 Å². The van der Waals surface area contributed by atoms with Gasteiger partial charge < -0.3 is 9.84 Å². The van der Waals surface area contributed by atoms with Crippen molar-refractivity contribution in [2.45, 2.75) is 27.2 Å². The topological polar surface area (TPSA) is 46.5 Å². The van der Waals surface area contributed by atoms with Crippen LogP contribution in [-0.2, 0) is 9.53 Å². The maximum atomic E-state index is 11.2. The summed E-state index contributed by atoms with van der Waals surface area (Å²) in [6, 6.07) is 6.60. The van der Waals surface area contributed by atoms with E-state index in [4.69, 9.17) is 9.84 Å². The predicted molar refractivity (Wildman–Crippen MR) is 69.7 cm³/mol. The standard InChI is InChI=1S/C13H16O3.CH4/c1-2-3-10-16-13(15)9-6-11-4-7-12(14)8-5-11;/h4-9,14H,2-3,10H2,1H3;1H4/b9-6+;. The third-order valence-corrected chi connectivity index (χ3v) is 2.05. The van der Waals surface area contributed by atoms with Gasteiger partial charge in [0.25, 0.3) is 0 Å². The maximum Gasteiger partial charge on any atom is 0.330 e. The van der Waals surface area contributed by atoms with Crippen molar-refractivity contribution in [2.75, 3.05) is 6.61 Å². The molecule has 1 aromatic carbocycles. The third-order valence-electron chi connectivity index (χ3n) is 2.05. The molecule has 0 amide bonds. The average Bonchev–Trinajstić information content (AvgIpc) is 2.29. The Hall–Kier alpha value is -1.77. The van der Waals surface area contributed by atoms with Crippen LogP contribution in [0.25, 0.3) is 6.08 Å². The number of ether oxygens (including phenoxy) is 1. The number of phenols is 1. The van der Waals surface area contributed by atoms with Gasteiger partial charge in [-0.15, -0.1) is 0 Å². The molecule has 94 valence electrons. The van der Waals surface area contributed by atoms with Crippen LogP contribution in [0.2, 0.25) is 0 Å². The van der Waals surface area contributed by atoms with Crippen LogP contribution in [0.5, 0.6) is 5.75 Å². The first-order valence-electron chi connectivity index (χ1n) is 5.36. The molecule has 0 spiro atoms. The van der Waals surface area contributed by atoms with Crippen molar-refractivity contribution >= 4 is 12.0 Å². The van der Waals surface area contributed by atoms with E-state index in [1.165, 1.54) is 6.08 Å². The quantitative estimate of drug-likeness (QED) is 0.484. The molecule has 17 heavy (non-hydrogen) atoms. The number of unbranched alkanes of at least 4 members (excludes halogenated alkanes) is 1. The highest BCUT2D eigenvalue weighted by molar-refractivity contribution is 5.87. The van der Waals surface area contributed by atoms with Crippen molar-refractivity contribution < 1.29 is 14.6 Å². The molecule has 0 heterocycles. The van der Waals surface area contributed by atoms with Gasteiger partial charge >= 0.3 is 5.97 Å². The largest absolute Gasteiger partial charge is 0.508 e. The lowest BCUT2D eigenvalue weighted by Crippen LogP contribution is -2.01. The molecule has 0 aliphatic rings. The van der Waals surface area contributed by atoms with Crippen LogP contribution < -0.4 is 0 Å². The summed E-state index contributed by atoms with van der Waals surface area (Å²) >= 11 is 0. The van der Waals surface area contributed by atoms with Crippen molar-refractivity contribution in [2.24, 2.45) is 0 Å². The molecule has 0 aliphatic carbocycles. The molecule has 0 aromatic heterocycles. The fourth-order valence-corrected chi connectivity index (χ4v) is 1.11. The van der Waals surface area contributed by atoms with Crippen LogP contribution >= 0.6 is 0 Å². The fourth-order valence-electron chi connectivity index (χ4n) is 1.11. The van der Waals surface area contributed by atoms with Crippen LogP contribution in [0.4, 0.5) is 0 Å². The molecule has 3 heteroatoms. The molecule has 0 saturated carbocycles. The Kier molecular flexibility index (Phi) is 7.52. The van der Waals surface area contributed by atoms with Crippen LogP contribution in [-0.4, -0.2) is 17.7 Å². The first-order chi connectivity index (χ1) is 7.72. The predicted octanol–water partition coefficient (Wildman–Crippen LogP) is 3.38. The molecular formula is C14H20O3. The Morgan fingerprint density at radius 1 is 1.35 bits per heavy atom. The fraction of sp³-hybridized carbons (Fsp3) is 0.357. The SMILES string of the molecule is C.CCCCOC(=O)/C=C/c1ccc(O)cc1. The molecule has 0 fully saturated rings. The molecular weight excluding hydrogens is 216 g/mol. The molecule has 0 atom stereocenters. The van der Waals surface area contributed by atoms with Crippen LogP contribution in [0.15, 0.2) is 30.3 Å². The van der Waals surface area contributed by atoms with Crippen molar-refractivity contribution in [1.29, 1.82) is 0 Å². The van der Waals surface area contributed by atoms with E-state index in [2.05, 4.69) is 0 Å². The van der Waals surface area contributed by atoms with E-state index in [0.29, 0.717) is 6.61 Å². The van der Waals surface area contributed by atoms with Crippen molar-refractivity contribution in [3.8, 4) is 5.75 Å². The number of carbonyl (C=O) groups excluding carboxylic acids is 1. The molecule has 0 aliphatic heterocycles. The Labute approximate surface area is 103 Å². The zero-order valence-corrected chi connectivity index (χ0v) is 9.35. The minimum atomic E-state index is -0.332. The van der Waals surface area contributed by atoms with E-state index in [9.17, 15) is 4.79 Å². The molecule has 1 aromatic rings. The average molecular weight is 236 g/mol. The monoisotopic (exact) mass is 236 g/mol. The molecule has 0 bridgehead atoms. The van der Waals surface area contributed by atoms with Crippen molar-refractivity contribution in [3.63, 3.8) is 0 Å². The van der Waals surface area contributed by atoms with Gasteiger partial charge in [0.05, 0.1) is 6.61 Å². The number of rotatable bonds is 5. The summed E-state index contributed by atoms with van der Waals surface area (Å²) < 4.78 is 4.95. The van der Waals surface area contributed by atoms with E-state index < -0.39 is 0 Å². The highest BCUT2D eigenvalue weighted by Gasteiger charge is 1.95. The van der Waals surface area contributed by atoms with Crippen LogP contribution in [0.1, 0.15) is 32.8 Å². The Balaban J connectivity index is 0.00000256. The summed E-state index contributed by atoms with van der Waals surface area (Å²) in [4.78, 5) is 11.2. The lowest BCUT2D eigenvalue weighted by atomic mass is 10.2. The normalized spacial score (nSPS) is 9.94. The van der Waals surface area contributed by atoms with Gasteiger partial charge in [0.2, 0.25) is 0 Å². The smallest absolute Gasteiger partial charge is 0.330 e. The number of hydrogen-bond acceptors (Lipinski definition) is 3. The summed E-state index contributed by atoms with van der Waals surface area (Å²) in [5.74, 6) is -0.121.